The third kappa shape index (κ3) is 3.01. The Morgan fingerprint density at radius 1 is 1.22 bits per heavy atom. The SMILES string of the molecule is O=C(N[C@@H]1C[C@@H]2CCN(C2)C1)c1ccc(-c2ccccc2Cl)o1. The van der Waals surface area contributed by atoms with Crippen LogP contribution in [-0.2, 0) is 0 Å². The lowest BCUT2D eigenvalue weighted by Crippen LogP contribution is -2.46. The average molecular weight is 331 g/mol. The van der Waals surface area contributed by atoms with Gasteiger partial charge in [0.15, 0.2) is 5.76 Å². The number of rotatable bonds is 3. The number of carbonyl (C=O) groups excluding carboxylic acids is 1. The monoisotopic (exact) mass is 330 g/mol. The second kappa shape index (κ2) is 6.02. The number of nitrogens with one attached hydrogen (secondary N) is 1. The van der Waals surface area contributed by atoms with E-state index >= 15 is 0 Å². The minimum absolute atomic E-state index is 0.143. The summed E-state index contributed by atoms with van der Waals surface area (Å²) in [4.78, 5) is 14.8. The Bertz CT molecular complexity index is 715. The van der Waals surface area contributed by atoms with Crippen molar-refractivity contribution in [3.8, 4) is 11.3 Å². The number of carbonyl (C=O) groups is 1. The molecule has 0 spiro atoms. The number of piperidine rings is 1. The van der Waals surface area contributed by atoms with E-state index < -0.39 is 0 Å². The molecule has 0 saturated carbocycles. The highest BCUT2D eigenvalue weighted by Gasteiger charge is 2.33. The Hall–Kier alpha value is -1.78. The summed E-state index contributed by atoms with van der Waals surface area (Å²) in [5, 5.41) is 3.72. The molecule has 5 heteroatoms. The van der Waals surface area contributed by atoms with E-state index in [1.54, 1.807) is 12.1 Å². The van der Waals surface area contributed by atoms with Gasteiger partial charge in [-0.3, -0.25) is 4.79 Å². The van der Waals surface area contributed by atoms with Crippen molar-refractivity contribution in [1.82, 2.24) is 10.2 Å². The Balaban J connectivity index is 1.46. The summed E-state index contributed by atoms with van der Waals surface area (Å²) in [6, 6.07) is 11.2. The number of furan rings is 1. The van der Waals surface area contributed by atoms with Gasteiger partial charge in [0.1, 0.15) is 5.76 Å². The molecule has 4 rings (SSSR count). The van der Waals surface area contributed by atoms with E-state index in [2.05, 4.69) is 10.2 Å². The van der Waals surface area contributed by atoms with Gasteiger partial charge < -0.3 is 14.6 Å². The molecule has 1 aromatic heterocycles. The molecule has 2 aliphatic heterocycles. The Kier molecular flexibility index (Phi) is 3.87. The number of halogens is 1. The van der Waals surface area contributed by atoms with Crippen LogP contribution in [0, 0.1) is 5.92 Å². The topological polar surface area (TPSA) is 45.5 Å². The highest BCUT2D eigenvalue weighted by Crippen LogP contribution is 2.30. The maximum Gasteiger partial charge on any atom is 0.287 e. The van der Waals surface area contributed by atoms with E-state index in [4.69, 9.17) is 16.0 Å². The normalized spacial score (nSPS) is 26.2. The fourth-order valence-corrected chi connectivity index (χ4v) is 3.92. The molecule has 1 aromatic carbocycles. The van der Waals surface area contributed by atoms with Crippen molar-refractivity contribution in [3.63, 3.8) is 0 Å². The molecule has 1 unspecified atom stereocenters. The first-order chi connectivity index (χ1) is 11.2. The Morgan fingerprint density at radius 2 is 2.09 bits per heavy atom. The number of hydrogen-bond acceptors (Lipinski definition) is 3. The summed E-state index contributed by atoms with van der Waals surface area (Å²) in [6.45, 7) is 3.29. The third-order valence-electron chi connectivity index (χ3n) is 4.77. The van der Waals surface area contributed by atoms with Crippen molar-refractivity contribution in [2.45, 2.75) is 18.9 Å². The summed E-state index contributed by atoms with van der Waals surface area (Å²) in [6.07, 6.45) is 2.32. The lowest BCUT2D eigenvalue weighted by molar-refractivity contribution is 0.0882. The standard InChI is InChI=1S/C18H19ClN2O2/c19-15-4-2-1-3-14(15)16-5-6-17(23-16)18(22)20-13-9-12-7-8-21(10-12)11-13/h1-6,12-13H,7-11H2,(H,20,22)/t12-,13+/m0/s1. The predicted octanol–water partition coefficient (Wildman–Crippen LogP) is 3.42. The van der Waals surface area contributed by atoms with Crippen LogP contribution in [0.1, 0.15) is 23.4 Å². The van der Waals surface area contributed by atoms with Crippen LogP contribution in [0.3, 0.4) is 0 Å². The number of fused-ring (bicyclic) bond motifs is 2. The minimum atomic E-state index is -0.143. The largest absolute Gasteiger partial charge is 0.451 e. The molecule has 2 fully saturated rings. The summed E-state index contributed by atoms with van der Waals surface area (Å²) >= 11 is 6.18. The van der Waals surface area contributed by atoms with Gasteiger partial charge in [-0.05, 0) is 49.6 Å². The van der Waals surface area contributed by atoms with E-state index in [9.17, 15) is 4.79 Å². The van der Waals surface area contributed by atoms with Crippen molar-refractivity contribution in [1.29, 1.82) is 0 Å². The van der Waals surface area contributed by atoms with Crippen LogP contribution in [-0.4, -0.2) is 36.5 Å². The summed E-state index contributed by atoms with van der Waals surface area (Å²) < 4.78 is 5.71. The maximum atomic E-state index is 12.4. The molecule has 1 amide bonds. The average Bonchev–Trinajstić information content (AvgIpc) is 3.15. The molecular weight excluding hydrogens is 312 g/mol. The van der Waals surface area contributed by atoms with Gasteiger partial charge in [-0.25, -0.2) is 0 Å². The fourth-order valence-electron chi connectivity index (χ4n) is 3.69. The van der Waals surface area contributed by atoms with E-state index in [1.165, 1.54) is 13.0 Å². The molecular formula is C18H19ClN2O2. The molecule has 1 N–H and O–H groups in total. The predicted molar refractivity (Wildman–Crippen MR) is 89.6 cm³/mol. The van der Waals surface area contributed by atoms with Crippen molar-refractivity contribution in [2.24, 2.45) is 5.92 Å². The summed E-state index contributed by atoms with van der Waals surface area (Å²) in [5.74, 6) is 1.54. The second-order valence-corrected chi connectivity index (χ2v) is 6.87. The molecule has 2 bridgehead atoms. The lowest BCUT2D eigenvalue weighted by atomic mass is 9.97. The Labute approximate surface area is 140 Å². The van der Waals surface area contributed by atoms with Gasteiger partial charge in [0, 0.05) is 24.7 Å². The first-order valence-corrected chi connectivity index (χ1v) is 8.45. The highest BCUT2D eigenvalue weighted by atomic mass is 35.5. The zero-order valence-electron chi connectivity index (χ0n) is 12.8. The molecule has 2 aliphatic rings. The van der Waals surface area contributed by atoms with Crippen LogP contribution in [0.25, 0.3) is 11.3 Å². The first-order valence-electron chi connectivity index (χ1n) is 8.07. The fraction of sp³-hybridized carbons (Fsp3) is 0.389. The summed E-state index contributed by atoms with van der Waals surface area (Å²) in [5.41, 5.74) is 0.801. The number of nitrogens with zero attached hydrogens (tertiary/aromatic N) is 1. The van der Waals surface area contributed by atoms with E-state index in [1.807, 2.05) is 24.3 Å². The van der Waals surface area contributed by atoms with Crippen molar-refractivity contribution < 1.29 is 9.21 Å². The van der Waals surface area contributed by atoms with Crippen molar-refractivity contribution in [2.75, 3.05) is 19.6 Å². The van der Waals surface area contributed by atoms with Crippen LogP contribution in [0.5, 0.6) is 0 Å². The maximum absolute atomic E-state index is 12.4. The van der Waals surface area contributed by atoms with Gasteiger partial charge in [0.05, 0.1) is 5.02 Å². The Morgan fingerprint density at radius 3 is 2.91 bits per heavy atom. The molecule has 120 valence electrons. The van der Waals surface area contributed by atoms with Gasteiger partial charge in [0.25, 0.3) is 5.91 Å². The number of hydrogen-bond donors (Lipinski definition) is 1. The molecule has 3 atom stereocenters. The van der Waals surface area contributed by atoms with Crippen molar-refractivity contribution >= 4 is 17.5 Å². The number of amides is 1. The lowest BCUT2D eigenvalue weighted by Gasteiger charge is -2.30. The molecule has 23 heavy (non-hydrogen) atoms. The van der Waals surface area contributed by atoms with Crippen LogP contribution in [0.15, 0.2) is 40.8 Å². The summed E-state index contributed by atoms with van der Waals surface area (Å²) in [7, 11) is 0. The van der Waals surface area contributed by atoms with Gasteiger partial charge >= 0.3 is 0 Å². The van der Waals surface area contributed by atoms with E-state index in [0.29, 0.717) is 16.5 Å². The van der Waals surface area contributed by atoms with Gasteiger partial charge in [0.2, 0.25) is 0 Å². The van der Waals surface area contributed by atoms with Crippen LogP contribution in [0.2, 0.25) is 5.02 Å². The molecule has 0 radical (unpaired) electrons. The zero-order valence-corrected chi connectivity index (χ0v) is 13.6. The van der Waals surface area contributed by atoms with E-state index in [-0.39, 0.29) is 11.9 Å². The van der Waals surface area contributed by atoms with Gasteiger partial charge in [-0.2, -0.15) is 0 Å². The molecule has 3 heterocycles. The van der Waals surface area contributed by atoms with Crippen LogP contribution in [0.4, 0.5) is 0 Å². The zero-order chi connectivity index (χ0) is 15.8. The highest BCUT2D eigenvalue weighted by molar-refractivity contribution is 6.33. The quantitative estimate of drug-likeness (QED) is 0.938. The van der Waals surface area contributed by atoms with Gasteiger partial charge in [-0.15, -0.1) is 0 Å². The second-order valence-electron chi connectivity index (χ2n) is 6.46. The van der Waals surface area contributed by atoms with Gasteiger partial charge in [-0.1, -0.05) is 23.7 Å². The molecule has 0 aliphatic carbocycles. The smallest absolute Gasteiger partial charge is 0.287 e. The van der Waals surface area contributed by atoms with Crippen molar-refractivity contribution in [3.05, 3.63) is 47.2 Å². The first kappa shape index (κ1) is 14.8. The third-order valence-corrected chi connectivity index (χ3v) is 5.10. The molecule has 2 aromatic rings. The molecule has 2 saturated heterocycles. The van der Waals surface area contributed by atoms with Crippen LogP contribution < -0.4 is 5.32 Å². The number of benzene rings is 1. The minimum Gasteiger partial charge on any atom is -0.451 e. The van der Waals surface area contributed by atoms with E-state index in [0.717, 1.165) is 31.0 Å². The molecule has 4 nitrogen and oxygen atoms in total. The van der Waals surface area contributed by atoms with Crippen LogP contribution >= 0.6 is 11.6 Å².